The van der Waals surface area contributed by atoms with Crippen molar-refractivity contribution in [3.8, 4) is 0 Å². The standard InChI is InChI=1S/C11H20N2O3/c12-8(11(14)15)7-13-5-6-16-10-4-2-1-3-9(10)13/h8-10H,1-7,12H2,(H,14,15). The molecule has 0 aromatic rings. The van der Waals surface area contributed by atoms with Gasteiger partial charge >= 0.3 is 5.97 Å². The molecule has 3 N–H and O–H groups in total. The highest BCUT2D eigenvalue weighted by Crippen LogP contribution is 2.28. The van der Waals surface area contributed by atoms with Crippen molar-refractivity contribution in [3.63, 3.8) is 0 Å². The second kappa shape index (κ2) is 5.12. The van der Waals surface area contributed by atoms with E-state index in [9.17, 15) is 4.79 Å². The average molecular weight is 228 g/mol. The number of aliphatic carboxylic acids is 1. The third kappa shape index (κ3) is 2.53. The normalized spacial score (nSPS) is 33.1. The molecule has 3 unspecified atom stereocenters. The average Bonchev–Trinajstić information content (AvgIpc) is 2.29. The molecule has 1 aliphatic heterocycles. The number of carboxylic acids is 1. The van der Waals surface area contributed by atoms with Crippen LogP contribution < -0.4 is 5.73 Å². The summed E-state index contributed by atoms with van der Waals surface area (Å²) in [5, 5.41) is 8.83. The Labute approximate surface area is 95.5 Å². The van der Waals surface area contributed by atoms with E-state index in [0.29, 0.717) is 25.3 Å². The van der Waals surface area contributed by atoms with Crippen LogP contribution in [0.15, 0.2) is 0 Å². The topological polar surface area (TPSA) is 75.8 Å². The molecule has 0 bridgehead atoms. The van der Waals surface area contributed by atoms with Gasteiger partial charge in [0.25, 0.3) is 0 Å². The van der Waals surface area contributed by atoms with Crippen LogP contribution in [0.3, 0.4) is 0 Å². The van der Waals surface area contributed by atoms with Crippen LogP contribution in [0, 0.1) is 0 Å². The van der Waals surface area contributed by atoms with Gasteiger partial charge in [0.1, 0.15) is 6.04 Å². The Kier molecular flexibility index (Phi) is 3.78. The number of rotatable bonds is 3. The van der Waals surface area contributed by atoms with Crippen LogP contribution in [0.4, 0.5) is 0 Å². The molecule has 5 nitrogen and oxygen atoms in total. The molecule has 1 aliphatic carbocycles. The highest BCUT2D eigenvalue weighted by Gasteiger charge is 2.35. The van der Waals surface area contributed by atoms with Gasteiger partial charge in [0.15, 0.2) is 0 Å². The number of hydrogen-bond donors (Lipinski definition) is 2. The van der Waals surface area contributed by atoms with Gasteiger partial charge < -0.3 is 15.6 Å². The minimum Gasteiger partial charge on any atom is -0.480 e. The van der Waals surface area contributed by atoms with E-state index < -0.39 is 12.0 Å². The lowest BCUT2D eigenvalue weighted by Gasteiger charge is -2.44. The smallest absolute Gasteiger partial charge is 0.321 e. The molecule has 0 aromatic heterocycles. The molecule has 2 fully saturated rings. The first-order valence-electron chi connectivity index (χ1n) is 6.02. The summed E-state index contributed by atoms with van der Waals surface area (Å²) in [7, 11) is 0. The second-order valence-corrected chi connectivity index (χ2v) is 4.70. The lowest BCUT2D eigenvalue weighted by atomic mass is 9.90. The van der Waals surface area contributed by atoms with Gasteiger partial charge in [0, 0.05) is 19.1 Å². The molecule has 1 heterocycles. The third-order valence-corrected chi connectivity index (χ3v) is 3.60. The fourth-order valence-electron chi connectivity index (χ4n) is 2.73. The molecule has 0 aromatic carbocycles. The van der Waals surface area contributed by atoms with E-state index in [-0.39, 0.29) is 0 Å². The predicted octanol–water partition coefficient (Wildman–Crippen LogP) is 0.0417. The molecule has 1 saturated carbocycles. The molecule has 2 aliphatic rings. The van der Waals surface area contributed by atoms with Gasteiger partial charge in [0.05, 0.1) is 12.7 Å². The number of nitrogens with zero attached hydrogens (tertiary/aromatic N) is 1. The number of carboxylic acid groups (broad SMARTS) is 1. The Morgan fingerprint density at radius 2 is 2.25 bits per heavy atom. The van der Waals surface area contributed by atoms with Crippen molar-refractivity contribution in [1.82, 2.24) is 4.90 Å². The summed E-state index contributed by atoms with van der Waals surface area (Å²) < 4.78 is 5.72. The number of ether oxygens (including phenoxy) is 1. The summed E-state index contributed by atoms with van der Waals surface area (Å²) in [6, 6.07) is -0.395. The van der Waals surface area contributed by atoms with Crippen LogP contribution in [-0.4, -0.2) is 53.9 Å². The minimum atomic E-state index is -0.918. The Hall–Kier alpha value is -0.650. The molecule has 92 valence electrons. The van der Waals surface area contributed by atoms with E-state index in [2.05, 4.69) is 4.90 Å². The van der Waals surface area contributed by atoms with E-state index in [4.69, 9.17) is 15.6 Å². The van der Waals surface area contributed by atoms with Crippen molar-refractivity contribution < 1.29 is 14.6 Å². The molecule has 0 radical (unpaired) electrons. The second-order valence-electron chi connectivity index (χ2n) is 4.70. The predicted molar refractivity (Wildman–Crippen MR) is 59.2 cm³/mol. The van der Waals surface area contributed by atoms with Gasteiger partial charge in [-0.1, -0.05) is 12.8 Å². The monoisotopic (exact) mass is 228 g/mol. The SMILES string of the molecule is NC(CN1CCOC2CCCCC21)C(=O)O. The van der Waals surface area contributed by atoms with E-state index in [0.717, 1.165) is 19.4 Å². The number of carbonyl (C=O) groups is 1. The highest BCUT2D eigenvalue weighted by molar-refractivity contribution is 5.73. The fourth-order valence-corrected chi connectivity index (χ4v) is 2.73. The van der Waals surface area contributed by atoms with Crippen molar-refractivity contribution in [1.29, 1.82) is 0 Å². The van der Waals surface area contributed by atoms with Gasteiger partial charge in [-0.15, -0.1) is 0 Å². The van der Waals surface area contributed by atoms with Crippen LogP contribution in [0.2, 0.25) is 0 Å². The summed E-state index contributed by atoms with van der Waals surface area (Å²) in [5.74, 6) is -0.918. The Morgan fingerprint density at radius 1 is 1.50 bits per heavy atom. The van der Waals surface area contributed by atoms with E-state index in [1.54, 1.807) is 0 Å². The van der Waals surface area contributed by atoms with Gasteiger partial charge in [0.2, 0.25) is 0 Å². The Balaban J connectivity index is 1.94. The molecule has 2 rings (SSSR count). The van der Waals surface area contributed by atoms with Gasteiger partial charge in [-0.05, 0) is 12.8 Å². The van der Waals surface area contributed by atoms with Gasteiger partial charge in [-0.25, -0.2) is 0 Å². The lowest BCUT2D eigenvalue weighted by molar-refractivity contribution is -0.141. The maximum atomic E-state index is 10.8. The van der Waals surface area contributed by atoms with Gasteiger partial charge in [-0.2, -0.15) is 0 Å². The number of fused-ring (bicyclic) bond motifs is 1. The van der Waals surface area contributed by atoms with Crippen LogP contribution in [0.1, 0.15) is 25.7 Å². The van der Waals surface area contributed by atoms with Crippen LogP contribution >= 0.6 is 0 Å². The van der Waals surface area contributed by atoms with E-state index in [1.165, 1.54) is 12.8 Å². The van der Waals surface area contributed by atoms with Crippen LogP contribution in [0.25, 0.3) is 0 Å². The molecule has 16 heavy (non-hydrogen) atoms. The summed E-state index contributed by atoms with van der Waals surface area (Å²) in [5.41, 5.74) is 5.59. The zero-order chi connectivity index (χ0) is 11.5. The zero-order valence-electron chi connectivity index (χ0n) is 9.47. The maximum absolute atomic E-state index is 10.8. The molecule has 5 heteroatoms. The largest absolute Gasteiger partial charge is 0.480 e. The first kappa shape index (κ1) is 11.8. The number of hydrogen-bond acceptors (Lipinski definition) is 4. The summed E-state index contributed by atoms with van der Waals surface area (Å²) in [4.78, 5) is 13.0. The van der Waals surface area contributed by atoms with Crippen LogP contribution in [-0.2, 0) is 9.53 Å². The quantitative estimate of drug-likeness (QED) is 0.713. The van der Waals surface area contributed by atoms with Crippen molar-refractivity contribution in [2.45, 2.75) is 43.9 Å². The molecule has 0 amide bonds. The first-order chi connectivity index (χ1) is 7.68. The van der Waals surface area contributed by atoms with Crippen molar-refractivity contribution in [2.24, 2.45) is 5.73 Å². The number of morpholine rings is 1. The summed E-state index contributed by atoms with van der Waals surface area (Å²) in [6.07, 6.45) is 4.94. The maximum Gasteiger partial charge on any atom is 0.321 e. The summed E-state index contributed by atoms with van der Waals surface area (Å²) in [6.45, 7) is 1.95. The highest BCUT2D eigenvalue weighted by atomic mass is 16.5. The van der Waals surface area contributed by atoms with Crippen molar-refractivity contribution in [3.05, 3.63) is 0 Å². The van der Waals surface area contributed by atoms with Crippen molar-refractivity contribution >= 4 is 5.97 Å². The molecule has 1 saturated heterocycles. The molecule has 0 spiro atoms. The van der Waals surface area contributed by atoms with E-state index in [1.807, 2.05) is 0 Å². The minimum absolute atomic E-state index is 0.295. The third-order valence-electron chi connectivity index (χ3n) is 3.60. The Morgan fingerprint density at radius 3 is 3.00 bits per heavy atom. The molecular weight excluding hydrogens is 208 g/mol. The van der Waals surface area contributed by atoms with E-state index >= 15 is 0 Å². The first-order valence-corrected chi connectivity index (χ1v) is 6.02. The molecular formula is C11H20N2O3. The fraction of sp³-hybridized carbons (Fsp3) is 0.909. The van der Waals surface area contributed by atoms with Crippen molar-refractivity contribution in [2.75, 3.05) is 19.7 Å². The van der Waals surface area contributed by atoms with Gasteiger partial charge in [-0.3, -0.25) is 9.69 Å². The zero-order valence-corrected chi connectivity index (χ0v) is 9.47. The summed E-state index contributed by atoms with van der Waals surface area (Å²) >= 11 is 0. The Bertz CT molecular complexity index is 258. The lowest BCUT2D eigenvalue weighted by Crippen LogP contribution is -2.56. The molecule has 3 atom stereocenters. The van der Waals surface area contributed by atoms with Crippen LogP contribution in [0.5, 0.6) is 0 Å². The number of nitrogens with two attached hydrogens (primary N) is 1.